The maximum atomic E-state index is 6.95. The average Bonchev–Trinajstić information content (AvgIpc) is 3.83. The minimum Gasteiger partial charge on any atom is -0.453 e. The summed E-state index contributed by atoms with van der Waals surface area (Å²) in [4.78, 5) is 2.33. The third kappa shape index (κ3) is 5.32. The number of thiophene rings is 1. The zero-order chi connectivity index (χ0) is 36.3. The summed E-state index contributed by atoms with van der Waals surface area (Å²) in [5.41, 5.74) is 11.9. The summed E-state index contributed by atoms with van der Waals surface area (Å²) in [5.74, 6) is 0. The van der Waals surface area contributed by atoms with Gasteiger partial charge in [0.05, 0.1) is 5.69 Å². The van der Waals surface area contributed by atoms with E-state index in [1.807, 2.05) is 11.3 Å². The van der Waals surface area contributed by atoms with E-state index in [1.54, 1.807) is 0 Å². The first-order chi connectivity index (χ1) is 27.3. The number of hydrogen-bond donors (Lipinski definition) is 0. The van der Waals surface area contributed by atoms with Crippen LogP contribution in [0.5, 0.6) is 0 Å². The second kappa shape index (κ2) is 12.9. The van der Waals surface area contributed by atoms with Gasteiger partial charge in [0.1, 0.15) is 5.58 Å². The van der Waals surface area contributed by atoms with E-state index >= 15 is 0 Å². The minimum atomic E-state index is 0.860. The molecule has 2 nitrogen and oxygen atoms in total. The van der Waals surface area contributed by atoms with Crippen molar-refractivity contribution in [2.75, 3.05) is 4.90 Å². The minimum absolute atomic E-state index is 0.860. The first kappa shape index (κ1) is 31.6. The van der Waals surface area contributed by atoms with Crippen LogP contribution in [0.2, 0.25) is 0 Å². The van der Waals surface area contributed by atoms with E-state index in [-0.39, 0.29) is 0 Å². The first-order valence-electron chi connectivity index (χ1n) is 18.7. The highest BCUT2D eigenvalue weighted by Crippen LogP contribution is 2.45. The molecule has 11 rings (SSSR count). The number of hydrogen-bond acceptors (Lipinski definition) is 3. The van der Waals surface area contributed by atoms with Gasteiger partial charge in [0, 0.05) is 47.9 Å². The van der Waals surface area contributed by atoms with Crippen LogP contribution in [0, 0.1) is 0 Å². The summed E-state index contributed by atoms with van der Waals surface area (Å²) in [6.45, 7) is 0. The molecule has 0 spiro atoms. The largest absolute Gasteiger partial charge is 0.453 e. The lowest BCUT2D eigenvalue weighted by molar-refractivity contribution is 0.670. The van der Waals surface area contributed by atoms with Crippen molar-refractivity contribution in [1.29, 1.82) is 0 Å². The molecule has 0 saturated heterocycles. The lowest BCUT2D eigenvalue weighted by atomic mass is 9.98. The summed E-state index contributed by atoms with van der Waals surface area (Å²) in [7, 11) is 0. The van der Waals surface area contributed by atoms with Gasteiger partial charge in [-0.15, -0.1) is 11.3 Å². The van der Waals surface area contributed by atoms with Gasteiger partial charge in [-0.05, 0) is 81.1 Å². The van der Waals surface area contributed by atoms with Crippen LogP contribution in [0.15, 0.2) is 205 Å². The molecule has 258 valence electrons. The molecule has 0 radical (unpaired) electrons. The number of furan rings is 1. The number of benzene rings is 9. The Kier molecular flexibility index (Phi) is 7.39. The molecule has 2 heterocycles. The van der Waals surface area contributed by atoms with E-state index in [0.29, 0.717) is 0 Å². The van der Waals surface area contributed by atoms with Gasteiger partial charge < -0.3 is 9.32 Å². The van der Waals surface area contributed by atoms with E-state index in [0.717, 1.165) is 50.1 Å². The zero-order valence-electron chi connectivity index (χ0n) is 29.8. The Morgan fingerprint density at radius 3 is 1.73 bits per heavy atom. The molecule has 11 aromatic rings. The van der Waals surface area contributed by atoms with E-state index < -0.39 is 0 Å². The Bertz CT molecular complexity index is 3190. The molecule has 3 heteroatoms. The molecule has 0 atom stereocenters. The highest BCUT2D eigenvalue weighted by molar-refractivity contribution is 7.25. The first-order valence-corrected chi connectivity index (χ1v) is 19.5. The third-order valence-corrected chi connectivity index (χ3v) is 12.0. The number of anilines is 3. The monoisotopic (exact) mass is 719 g/mol. The molecule has 0 fully saturated rings. The molecule has 0 aliphatic heterocycles. The molecule has 0 amide bonds. The molecule has 0 aliphatic carbocycles. The molecule has 2 aromatic heterocycles. The number of nitrogens with zero attached hydrogens (tertiary/aromatic N) is 1. The van der Waals surface area contributed by atoms with Crippen molar-refractivity contribution < 1.29 is 4.42 Å². The Morgan fingerprint density at radius 1 is 0.345 bits per heavy atom. The summed E-state index contributed by atoms with van der Waals surface area (Å²) >= 11 is 1.86. The summed E-state index contributed by atoms with van der Waals surface area (Å²) in [5, 5.41) is 7.33. The molecule has 0 aliphatic rings. The van der Waals surface area contributed by atoms with Gasteiger partial charge in [-0.25, -0.2) is 0 Å². The normalized spacial score (nSPS) is 11.6. The average molecular weight is 720 g/mol. The topological polar surface area (TPSA) is 16.4 Å². The molecule has 0 saturated carbocycles. The summed E-state index contributed by atoms with van der Waals surface area (Å²) < 4.78 is 9.58. The fourth-order valence-corrected chi connectivity index (χ4v) is 9.37. The van der Waals surface area contributed by atoms with E-state index in [1.165, 1.54) is 53.2 Å². The van der Waals surface area contributed by atoms with Crippen LogP contribution in [-0.4, -0.2) is 0 Å². The second-order valence-corrected chi connectivity index (χ2v) is 15.2. The van der Waals surface area contributed by atoms with Gasteiger partial charge in [0.2, 0.25) is 0 Å². The van der Waals surface area contributed by atoms with E-state index in [2.05, 4.69) is 205 Å². The number of para-hydroxylation sites is 2. The van der Waals surface area contributed by atoms with Gasteiger partial charge in [-0.1, -0.05) is 158 Å². The van der Waals surface area contributed by atoms with Gasteiger partial charge in [0.25, 0.3) is 0 Å². The second-order valence-electron chi connectivity index (χ2n) is 14.1. The molecule has 9 aromatic carbocycles. The van der Waals surface area contributed by atoms with Gasteiger partial charge in [0.15, 0.2) is 5.58 Å². The molecule has 0 bridgehead atoms. The van der Waals surface area contributed by atoms with Gasteiger partial charge in [-0.3, -0.25) is 0 Å². The fraction of sp³-hybridized carbons (Fsp3) is 0. The van der Waals surface area contributed by atoms with Crippen molar-refractivity contribution in [3.8, 4) is 33.4 Å². The van der Waals surface area contributed by atoms with E-state index in [4.69, 9.17) is 4.42 Å². The van der Waals surface area contributed by atoms with Crippen LogP contribution >= 0.6 is 11.3 Å². The predicted molar refractivity (Wildman–Crippen MR) is 235 cm³/mol. The number of rotatable bonds is 6. The molecule has 0 unspecified atom stereocenters. The standard InChI is InChI=1S/C52H33NOS/c1-2-11-36(12-3-1)43-18-9-19-46-47-20-10-21-48(52(47)54-51(43)46)53(40-30-25-37(26-31-40)42-17-8-14-35-13-4-5-15-41(35)42)39-28-23-34(24-29-39)38-27-32-45-44-16-6-7-22-49(44)55-50(45)33-38/h1-33H. The maximum absolute atomic E-state index is 6.95. The van der Waals surface area contributed by atoms with Crippen molar-refractivity contribution in [1.82, 2.24) is 0 Å². The summed E-state index contributed by atoms with van der Waals surface area (Å²) in [6.07, 6.45) is 0. The van der Waals surface area contributed by atoms with E-state index in [9.17, 15) is 0 Å². The van der Waals surface area contributed by atoms with Crippen LogP contribution in [-0.2, 0) is 0 Å². The Balaban J connectivity index is 1.06. The van der Waals surface area contributed by atoms with Crippen LogP contribution < -0.4 is 4.90 Å². The smallest absolute Gasteiger partial charge is 0.159 e. The van der Waals surface area contributed by atoms with Crippen molar-refractivity contribution in [2.24, 2.45) is 0 Å². The van der Waals surface area contributed by atoms with Crippen LogP contribution in [0.4, 0.5) is 17.1 Å². The third-order valence-electron chi connectivity index (χ3n) is 10.9. The summed E-state index contributed by atoms with van der Waals surface area (Å²) in [6, 6.07) is 72.0. The van der Waals surface area contributed by atoms with Gasteiger partial charge in [-0.2, -0.15) is 0 Å². The molecular weight excluding hydrogens is 687 g/mol. The fourth-order valence-electron chi connectivity index (χ4n) is 8.23. The van der Waals surface area contributed by atoms with Crippen molar-refractivity contribution >= 4 is 81.3 Å². The molecule has 0 N–H and O–H groups in total. The Hall–Kier alpha value is -6.94. The highest BCUT2D eigenvalue weighted by Gasteiger charge is 2.21. The van der Waals surface area contributed by atoms with Gasteiger partial charge >= 0.3 is 0 Å². The maximum Gasteiger partial charge on any atom is 0.159 e. The van der Waals surface area contributed by atoms with Crippen molar-refractivity contribution in [2.45, 2.75) is 0 Å². The van der Waals surface area contributed by atoms with Crippen LogP contribution in [0.3, 0.4) is 0 Å². The zero-order valence-corrected chi connectivity index (χ0v) is 30.6. The van der Waals surface area contributed by atoms with Crippen molar-refractivity contribution in [3.63, 3.8) is 0 Å². The highest BCUT2D eigenvalue weighted by atomic mass is 32.1. The Labute approximate surface area is 322 Å². The Morgan fingerprint density at radius 2 is 0.909 bits per heavy atom. The van der Waals surface area contributed by atoms with Crippen LogP contribution in [0.1, 0.15) is 0 Å². The lowest BCUT2D eigenvalue weighted by Crippen LogP contribution is -2.10. The predicted octanol–water partition coefficient (Wildman–Crippen LogP) is 15.6. The number of fused-ring (bicyclic) bond motifs is 7. The van der Waals surface area contributed by atoms with Crippen LogP contribution in [0.25, 0.3) is 86.3 Å². The quantitative estimate of drug-likeness (QED) is 0.170. The SMILES string of the molecule is c1ccc(-c2cccc3c2oc2c(N(c4ccc(-c5ccc6c(c5)sc5ccccc56)cc4)c4ccc(-c5cccc6ccccc56)cc4)cccc23)cc1. The molecule has 55 heavy (non-hydrogen) atoms. The lowest BCUT2D eigenvalue weighted by Gasteiger charge is -2.26. The van der Waals surface area contributed by atoms with Crippen molar-refractivity contribution in [3.05, 3.63) is 200 Å². The molecular formula is C52H33NOS.